The number of rotatable bonds is 4. The molecule has 0 aliphatic carbocycles. The first-order valence-electron chi connectivity index (χ1n) is 5.92. The van der Waals surface area contributed by atoms with Crippen LogP contribution in [0.5, 0.6) is 0 Å². The Morgan fingerprint density at radius 2 is 2.20 bits per heavy atom. The van der Waals surface area contributed by atoms with Crippen LogP contribution >= 0.6 is 11.6 Å². The molecule has 0 aliphatic heterocycles. The molecule has 2 aromatic rings. The second kappa shape index (κ2) is 6.31. The zero-order valence-electron chi connectivity index (χ0n) is 10.9. The SMILES string of the molecule is Cc1cnccc1CNC(=O)c1nc(NN)ccc1Cl. The summed E-state index contributed by atoms with van der Waals surface area (Å²) in [5.74, 6) is 5.28. The second-order valence-corrected chi connectivity index (χ2v) is 4.56. The van der Waals surface area contributed by atoms with E-state index in [1.165, 1.54) is 0 Å². The molecule has 0 radical (unpaired) electrons. The number of hydrogen-bond acceptors (Lipinski definition) is 5. The molecule has 0 saturated carbocycles. The fourth-order valence-corrected chi connectivity index (χ4v) is 1.83. The molecule has 4 N–H and O–H groups in total. The van der Waals surface area contributed by atoms with Crippen LogP contribution in [0.15, 0.2) is 30.6 Å². The highest BCUT2D eigenvalue weighted by Gasteiger charge is 2.13. The van der Waals surface area contributed by atoms with E-state index in [9.17, 15) is 4.79 Å². The van der Waals surface area contributed by atoms with Crippen molar-refractivity contribution < 1.29 is 4.79 Å². The van der Waals surface area contributed by atoms with Gasteiger partial charge in [-0.2, -0.15) is 0 Å². The van der Waals surface area contributed by atoms with Crippen LogP contribution in [0.25, 0.3) is 0 Å². The maximum Gasteiger partial charge on any atom is 0.271 e. The van der Waals surface area contributed by atoms with Gasteiger partial charge in [-0.1, -0.05) is 11.6 Å². The highest BCUT2D eigenvalue weighted by Crippen LogP contribution is 2.16. The van der Waals surface area contributed by atoms with E-state index in [4.69, 9.17) is 17.4 Å². The van der Waals surface area contributed by atoms with Gasteiger partial charge in [-0.25, -0.2) is 10.8 Å². The zero-order valence-corrected chi connectivity index (χ0v) is 11.6. The largest absolute Gasteiger partial charge is 0.347 e. The summed E-state index contributed by atoms with van der Waals surface area (Å²) in [5, 5.41) is 3.04. The summed E-state index contributed by atoms with van der Waals surface area (Å²) in [4.78, 5) is 20.1. The number of hydrogen-bond donors (Lipinski definition) is 3. The molecule has 2 rings (SSSR count). The first kappa shape index (κ1) is 14.2. The summed E-state index contributed by atoms with van der Waals surface area (Å²) in [6, 6.07) is 5.00. The Kier molecular flexibility index (Phi) is 4.49. The number of halogens is 1. The van der Waals surface area contributed by atoms with Crippen molar-refractivity contribution >= 4 is 23.3 Å². The summed E-state index contributed by atoms with van der Waals surface area (Å²) in [7, 11) is 0. The molecule has 2 aromatic heterocycles. The maximum absolute atomic E-state index is 12.1. The second-order valence-electron chi connectivity index (χ2n) is 4.16. The normalized spacial score (nSPS) is 10.2. The highest BCUT2D eigenvalue weighted by molar-refractivity contribution is 6.33. The number of carbonyl (C=O) groups excluding carboxylic acids is 1. The van der Waals surface area contributed by atoms with Gasteiger partial charge in [0.2, 0.25) is 0 Å². The first-order chi connectivity index (χ1) is 9.61. The molecule has 0 bridgehead atoms. The van der Waals surface area contributed by atoms with Gasteiger partial charge in [-0.05, 0) is 36.2 Å². The Bertz CT molecular complexity index is 632. The van der Waals surface area contributed by atoms with Crippen molar-refractivity contribution in [2.45, 2.75) is 13.5 Å². The number of nitrogens with two attached hydrogens (primary N) is 1. The lowest BCUT2D eigenvalue weighted by Gasteiger charge is -2.09. The van der Waals surface area contributed by atoms with Crippen LogP contribution in [-0.2, 0) is 6.54 Å². The van der Waals surface area contributed by atoms with Crippen molar-refractivity contribution in [1.82, 2.24) is 15.3 Å². The number of nitrogens with one attached hydrogen (secondary N) is 2. The molecule has 2 heterocycles. The Balaban J connectivity index is 2.11. The number of nitrogens with zero attached hydrogens (tertiary/aromatic N) is 2. The van der Waals surface area contributed by atoms with Crippen molar-refractivity contribution in [1.29, 1.82) is 0 Å². The topological polar surface area (TPSA) is 92.9 Å². The Labute approximate surface area is 121 Å². The molecule has 20 heavy (non-hydrogen) atoms. The van der Waals surface area contributed by atoms with Crippen molar-refractivity contribution in [2.75, 3.05) is 5.43 Å². The van der Waals surface area contributed by atoms with Crippen LogP contribution in [0.2, 0.25) is 5.02 Å². The van der Waals surface area contributed by atoms with Gasteiger partial charge >= 0.3 is 0 Å². The van der Waals surface area contributed by atoms with Crippen molar-refractivity contribution in [3.63, 3.8) is 0 Å². The quantitative estimate of drug-likeness (QED) is 0.588. The average molecular weight is 292 g/mol. The van der Waals surface area contributed by atoms with E-state index in [0.29, 0.717) is 12.4 Å². The molecule has 0 spiro atoms. The van der Waals surface area contributed by atoms with Crippen molar-refractivity contribution in [3.8, 4) is 0 Å². The first-order valence-corrected chi connectivity index (χ1v) is 6.30. The predicted octanol–water partition coefficient (Wildman–Crippen LogP) is 1.65. The lowest BCUT2D eigenvalue weighted by atomic mass is 10.1. The molecular formula is C13H14ClN5O. The lowest BCUT2D eigenvalue weighted by Crippen LogP contribution is -2.25. The van der Waals surface area contributed by atoms with E-state index in [0.717, 1.165) is 11.1 Å². The molecule has 6 nitrogen and oxygen atoms in total. The molecule has 0 saturated heterocycles. The molecule has 0 aromatic carbocycles. The fraction of sp³-hybridized carbons (Fsp3) is 0.154. The molecular weight excluding hydrogens is 278 g/mol. The molecule has 1 amide bonds. The van der Waals surface area contributed by atoms with E-state index >= 15 is 0 Å². The van der Waals surface area contributed by atoms with Crippen LogP contribution in [0, 0.1) is 6.92 Å². The van der Waals surface area contributed by atoms with E-state index in [1.807, 2.05) is 13.0 Å². The maximum atomic E-state index is 12.1. The van der Waals surface area contributed by atoms with E-state index in [-0.39, 0.29) is 16.6 Å². The summed E-state index contributed by atoms with van der Waals surface area (Å²) >= 11 is 5.96. The van der Waals surface area contributed by atoms with E-state index in [1.54, 1.807) is 24.5 Å². The third kappa shape index (κ3) is 3.23. The summed E-state index contributed by atoms with van der Waals surface area (Å²) in [6.07, 6.45) is 3.42. The lowest BCUT2D eigenvalue weighted by molar-refractivity contribution is 0.0946. The minimum Gasteiger partial charge on any atom is -0.347 e. The van der Waals surface area contributed by atoms with E-state index in [2.05, 4.69) is 20.7 Å². The molecule has 7 heteroatoms. The Hall–Kier alpha value is -2.18. The van der Waals surface area contributed by atoms with Crippen molar-refractivity contribution in [2.24, 2.45) is 5.84 Å². The van der Waals surface area contributed by atoms with Gasteiger partial charge in [-0.15, -0.1) is 0 Å². The summed E-state index contributed by atoms with van der Waals surface area (Å²) in [5.41, 5.74) is 4.50. The summed E-state index contributed by atoms with van der Waals surface area (Å²) < 4.78 is 0. The Morgan fingerprint density at radius 3 is 2.90 bits per heavy atom. The number of anilines is 1. The van der Waals surface area contributed by atoms with Crippen LogP contribution in [0.1, 0.15) is 21.6 Å². The predicted molar refractivity (Wildman–Crippen MR) is 77.2 cm³/mol. The standard InChI is InChI=1S/C13H14ClN5O/c1-8-6-16-5-4-9(8)7-17-13(20)12-10(14)2-3-11(18-12)19-15/h2-6H,7,15H2,1H3,(H,17,20)(H,18,19). The third-order valence-corrected chi connectivity index (χ3v) is 3.09. The zero-order chi connectivity index (χ0) is 14.5. The average Bonchev–Trinajstić information content (AvgIpc) is 2.46. The number of nitrogen functional groups attached to an aromatic ring is 1. The minimum absolute atomic E-state index is 0.133. The molecule has 0 aliphatic rings. The third-order valence-electron chi connectivity index (χ3n) is 2.78. The number of amides is 1. The van der Waals surface area contributed by atoms with Gasteiger partial charge < -0.3 is 10.7 Å². The van der Waals surface area contributed by atoms with Gasteiger partial charge in [0.15, 0.2) is 0 Å². The molecule has 0 fully saturated rings. The molecule has 0 unspecified atom stereocenters. The van der Waals surface area contributed by atoms with Crippen LogP contribution in [0.3, 0.4) is 0 Å². The van der Waals surface area contributed by atoms with Crippen molar-refractivity contribution in [3.05, 3.63) is 52.4 Å². The number of hydrazine groups is 1. The van der Waals surface area contributed by atoms with Gasteiger partial charge in [0.05, 0.1) is 5.02 Å². The van der Waals surface area contributed by atoms with Gasteiger partial charge in [-0.3, -0.25) is 9.78 Å². The highest BCUT2D eigenvalue weighted by atomic mass is 35.5. The molecule has 104 valence electrons. The number of carbonyl (C=O) groups is 1. The van der Waals surface area contributed by atoms with Gasteiger partial charge in [0, 0.05) is 18.9 Å². The Morgan fingerprint density at radius 1 is 1.40 bits per heavy atom. The van der Waals surface area contributed by atoms with Gasteiger partial charge in [0.1, 0.15) is 11.5 Å². The van der Waals surface area contributed by atoms with Crippen LogP contribution in [0.4, 0.5) is 5.82 Å². The number of pyridine rings is 2. The number of aromatic nitrogens is 2. The minimum atomic E-state index is -0.358. The van der Waals surface area contributed by atoms with Gasteiger partial charge in [0.25, 0.3) is 5.91 Å². The summed E-state index contributed by atoms with van der Waals surface area (Å²) in [6.45, 7) is 2.31. The fourth-order valence-electron chi connectivity index (χ4n) is 1.64. The van der Waals surface area contributed by atoms with Crippen LogP contribution in [-0.4, -0.2) is 15.9 Å². The monoisotopic (exact) mass is 291 g/mol. The smallest absolute Gasteiger partial charge is 0.271 e. The van der Waals surface area contributed by atoms with Crippen LogP contribution < -0.4 is 16.6 Å². The van der Waals surface area contributed by atoms with E-state index < -0.39 is 0 Å². The number of aryl methyl sites for hydroxylation is 1. The molecule has 0 atom stereocenters.